The number of nitrogens with one attached hydrogen (secondary N) is 1. The van der Waals surface area contributed by atoms with Crippen molar-refractivity contribution in [2.75, 3.05) is 7.05 Å². The van der Waals surface area contributed by atoms with E-state index in [0.29, 0.717) is 18.3 Å². The predicted octanol–water partition coefficient (Wildman–Crippen LogP) is 2.48. The molecule has 1 aliphatic rings. The number of hydrogen-bond acceptors (Lipinski definition) is 4. The molecule has 0 radical (unpaired) electrons. The first kappa shape index (κ1) is 15.7. The molecule has 2 aromatic heterocycles. The fraction of sp³-hybridized carbons (Fsp3) is 0.625. The molecule has 1 N–H and O–H groups in total. The molecule has 1 fully saturated rings. The van der Waals surface area contributed by atoms with Crippen LogP contribution in [-0.2, 0) is 6.54 Å². The lowest BCUT2D eigenvalue weighted by Gasteiger charge is -2.14. The molecular weight excluding hydrogens is 292 g/mol. The Hall–Kier alpha value is -2.18. The highest BCUT2D eigenvalue weighted by molar-refractivity contribution is 5.91. The summed E-state index contributed by atoms with van der Waals surface area (Å²) in [6, 6.07) is 0.379. The molecular formula is C16H24N6O. The maximum atomic E-state index is 12.5. The third-order valence-electron chi connectivity index (χ3n) is 4.42. The highest BCUT2D eigenvalue weighted by Gasteiger charge is 2.20. The number of nitrogens with zero attached hydrogens (tertiary/aromatic N) is 5. The van der Waals surface area contributed by atoms with E-state index in [1.54, 1.807) is 24.3 Å². The van der Waals surface area contributed by atoms with Crippen LogP contribution in [0.5, 0.6) is 0 Å². The summed E-state index contributed by atoms with van der Waals surface area (Å²) in [4.78, 5) is 21.5. The van der Waals surface area contributed by atoms with E-state index in [2.05, 4.69) is 20.3 Å². The average Bonchev–Trinajstić information content (AvgIpc) is 3.09. The lowest BCUT2D eigenvalue weighted by molar-refractivity contribution is 0.0776. The van der Waals surface area contributed by atoms with Crippen molar-refractivity contribution in [1.82, 2.24) is 29.9 Å². The molecule has 1 amide bonds. The van der Waals surface area contributed by atoms with E-state index in [0.717, 1.165) is 24.4 Å². The van der Waals surface area contributed by atoms with Crippen molar-refractivity contribution < 1.29 is 4.79 Å². The number of amides is 1. The van der Waals surface area contributed by atoms with Crippen molar-refractivity contribution in [3.63, 3.8) is 0 Å². The zero-order chi connectivity index (χ0) is 16.2. The van der Waals surface area contributed by atoms with E-state index in [1.165, 1.54) is 25.7 Å². The molecule has 0 atom stereocenters. The third-order valence-corrected chi connectivity index (χ3v) is 4.42. The number of H-pyrrole nitrogens is 1. The Kier molecular flexibility index (Phi) is 4.73. The molecule has 0 spiro atoms. The summed E-state index contributed by atoms with van der Waals surface area (Å²) in [5.41, 5.74) is 1.39. The van der Waals surface area contributed by atoms with Gasteiger partial charge in [0, 0.05) is 18.9 Å². The smallest absolute Gasteiger partial charge is 0.276 e. The minimum Gasteiger partial charge on any atom is -0.345 e. The van der Waals surface area contributed by atoms with E-state index in [-0.39, 0.29) is 5.91 Å². The standard InChI is InChI=1S/C16H24N6O/c1-12-9-17-15(18-12)11-21(2)16(23)14-10-22(20-19-14)13-7-5-3-4-6-8-13/h9-10,13H,3-8,11H2,1-2H3,(H,17,18). The summed E-state index contributed by atoms with van der Waals surface area (Å²) < 4.78 is 1.88. The van der Waals surface area contributed by atoms with Crippen LogP contribution in [0.4, 0.5) is 0 Å². The molecule has 0 saturated heterocycles. The second kappa shape index (κ2) is 6.93. The monoisotopic (exact) mass is 316 g/mol. The molecule has 2 aromatic rings. The van der Waals surface area contributed by atoms with Crippen LogP contribution < -0.4 is 0 Å². The van der Waals surface area contributed by atoms with Gasteiger partial charge in [0.25, 0.3) is 5.91 Å². The third kappa shape index (κ3) is 3.78. The van der Waals surface area contributed by atoms with Gasteiger partial charge >= 0.3 is 0 Å². The SMILES string of the molecule is Cc1cnc(CN(C)C(=O)c2cn(C3CCCCCC3)nn2)[nH]1. The van der Waals surface area contributed by atoms with E-state index in [1.807, 2.05) is 11.6 Å². The average molecular weight is 316 g/mol. The minimum atomic E-state index is -0.126. The summed E-state index contributed by atoms with van der Waals surface area (Å²) in [7, 11) is 1.75. The van der Waals surface area contributed by atoms with Crippen molar-refractivity contribution in [3.8, 4) is 0 Å². The zero-order valence-electron chi connectivity index (χ0n) is 13.8. The van der Waals surface area contributed by atoms with Gasteiger partial charge in [-0.1, -0.05) is 30.9 Å². The fourth-order valence-electron chi connectivity index (χ4n) is 3.11. The molecule has 124 valence electrons. The first-order valence-electron chi connectivity index (χ1n) is 8.31. The van der Waals surface area contributed by atoms with Crippen LogP contribution in [0.25, 0.3) is 0 Å². The zero-order valence-corrected chi connectivity index (χ0v) is 13.8. The van der Waals surface area contributed by atoms with Crippen molar-refractivity contribution in [2.45, 2.75) is 58.0 Å². The summed E-state index contributed by atoms with van der Waals surface area (Å²) in [5.74, 6) is 0.647. The van der Waals surface area contributed by atoms with E-state index < -0.39 is 0 Å². The topological polar surface area (TPSA) is 79.7 Å². The summed E-state index contributed by atoms with van der Waals surface area (Å²) in [5, 5.41) is 8.27. The molecule has 0 aliphatic heterocycles. The Balaban J connectivity index is 1.65. The molecule has 23 heavy (non-hydrogen) atoms. The van der Waals surface area contributed by atoms with Gasteiger partial charge in [0.2, 0.25) is 0 Å². The Morgan fingerprint density at radius 3 is 2.74 bits per heavy atom. The maximum absolute atomic E-state index is 12.5. The molecule has 1 saturated carbocycles. The molecule has 7 nitrogen and oxygen atoms in total. The summed E-state index contributed by atoms with van der Waals surface area (Å²) >= 11 is 0. The van der Waals surface area contributed by atoms with Crippen LogP contribution in [0, 0.1) is 6.92 Å². The van der Waals surface area contributed by atoms with Gasteiger partial charge in [-0.3, -0.25) is 4.79 Å². The maximum Gasteiger partial charge on any atom is 0.276 e. The Morgan fingerprint density at radius 1 is 1.35 bits per heavy atom. The molecule has 3 rings (SSSR count). The van der Waals surface area contributed by atoms with Crippen molar-refractivity contribution in [2.24, 2.45) is 0 Å². The van der Waals surface area contributed by atoms with Crippen LogP contribution in [0.2, 0.25) is 0 Å². The molecule has 0 unspecified atom stereocenters. The van der Waals surface area contributed by atoms with Crippen LogP contribution in [-0.4, -0.2) is 42.8 Å². The van der Waals surface area contributed by atoms with Crippen LogP contribution in [0.3, 0.4) is 0 Å². The van der Waals surface area contributed by atoms with Gasteiger partial charge < -0.3 is 9.88 Å². The Morgan fingerprint density at radius 2 is 2.09 bits per heavy atom. The molecule has 1 aliphatic carbocycles. The highest BCUT2D eigenvalue weighted by Crippen LogP contribution is 2.26. The predicted molar refractivity (Wildman–Crippen MR) is 85.9 cm³/mol. The van der Waals surface area contributed by atoms with Gasteiger partial charge in [-0.15, -0.1) is 5.10 Å². The number of aromatic nitrogens is 5. The highest BCUT2D eigenvalue weighted by atomic mass is 16.2. The van der Waals surface area contributed by atoms with Gasteiger partial charge in [0.1, 0.15) is 5.82 Å². The van der Waals surface area contributed by atoms with Crippen LogP contribution in [0.1, 0.15) is 66.6 Å². The number of aryl methyl sites for hydroxylation is 1. The number of imidazole rings is 1. The number of hydrogen-bond donors (Lipinski definition) is 1. The molecule has 0 aromatic carbocycles. The summed E-state index contributed by atoms with van der Waals surface area (Å²) in [6.07, 6.45) is 10.8. The van der Waals surface area contributed by atoms with E-state index in [4.69, 9.17) is 0 Å². The first-order chi connectivity index (χ1) is 11.1. The second-order valence-corrected chi connectivity index (χ2v) is 6.40. The van der Waals surface area contributed by atoms with Gasteiger partial charge in [-0.25, -0.2) is 9.67 Å². The van der Waals surface area contributed by atoms with Crippen molar-refractivity contribution in [1.29, 1.82) is 0 Å². The second-order valence-electron chi connectivity index (χ2n) is 6.40. The number of carbonyl (C=O) groups excluding carboxylic acids is 1. The van der Waals surface area contributed by atoms with E-state index in [9.17, 15) is 4.79 Å². The van der Waals surface area contributed by atoms with Crippen molar-refractivity contribution >= 4 is 5.91 Å². The van der Waals surface area contributed by atoms with Crippen LogP contribution >= 0.6 is 0 Å². The largest absolute Gasteiger partial charge is 0.345 e. The number of rotatable bonds is 4. The quantitative estimate of drug-likeness (QED) is 0.879. The molecule has 0 bridgehead atoms. The summed E-state index contributed by atoms with van der Waals surface area (Å²) in [6.45, 7) is 2.37. The van der Waals surface area contributed by atoms with Gasteiger partial charge in [-0.05, 0) is 19.8 Å². The van der Waals surface area contributed by atoms with E-state index >= 15 is 0 Å². The van der Waals surface area contributed by atoms with Crippen molar-refractivity contribution in [3.05, 3.63) is 29.6 Å². The number of aromatic amines is 1. The number of carbonyl (C=O) groups is 1. The van der Waals surface area contributed by atoms with Gasteiger partial charge in [0.15, 0.2) is 5.69 Å². The Labute approximate surface area is 136 Å². The lowest BCUT2D eigenvalue weighted by Crippen LogP contribution is -2.27. The fourth-order valence-corrected chi connectivity index (χ4v) is 3.11. The van der Waals surface area contributed by atoms with Gasteiger partial charge in [0.05, 0.1) is 18.8 Å². The molecule has 2 heterocycles. The minimum absolute atomic E-state index is 0.126. The Bertz CT molecular complexity index is 653. The normalized spacial score (nSPS) is 16.3. The molecule has 7 heteroatoms. The first-order valence-corrected chi connectivity index (χ1v) is 8.31. The van der Waals surface area contributed by atoms with Gasteiger partial charge in [-0.2, -0.15) is 0 Å². The van der Waals surface area contributed by atoms with Crippen LogP contribution in [0.15, 0.2) is 12.4 Å². The lowest BCUT2D eigenvalue weighted by atomic mass is 10.1.